The van der Waals surface area contributed by atoms with Crippen molar-refractivity contribution in [1.82, 2.24) is 15.2 Å². The topological polar surface area (TPSA) is 46.6 Å². The van der Waals surface area contributed by atoms with Gasteiger partial charge in [0, 0.05) is 25.8 Å². The summed E-state index contributed by atoms with van der Waals surface area (Å²) in [7, 11) is 0. The van der Waals surface area contributed by atoms with E-state index in [1.54, 1.807) is 6.20 Å². The zero-order valence-electron chi connectivity index (χ0n) is 17.2. The van der Waals surface area contributed by atoms with Gasteiger partial charge in [-0.2, -0.15) is 0 Å². The number of unbranched alkanes of at least 4 members (excludes halogenated alkanes) is 1. The number of benzene rings is 1. The third-order valence-corrected chi connectivity index (χ3v) is 5.12. The second kappa shape index (κ2) is 11.1. The molecule has 0 radical (unpaired) electrons. The van der Waals surface area contributed by atoms with Crippen molar-refractivity contribution in [2.24, 2.45) is 0 Å². The van der Waals surface area contributed by atoms with Gasteiger partial charge < -0.3 is 14.8 Å². The van der Waals surface area contributed by atoms with E-state index in [0.717, 1.165) is 50.8 Å². The minimum absolute atomic E-state index is 0.503. The Hall–Kier alpha value is -1.95. The number of pyridine rings is 1. The lowest BCUT2D eigenvalue weighted by Crippen LogP contribution is -2.37. The van der Waals surface area contributed by atoms with E-state index in [2.05, 4.69) is 41.2 Å². The number of hydrogen-bond acceptors (Lipinski definition) is 5. The Bertz CT molecular complexity index is 692. The predicted molar refractivity (Wildman–Crippen MR) is 113 cm³/mol. The van der Waals surface area contributed by atoms with E-state index in [0.29, 0.717) is 6.61 Å². The molecule has 1 N–H and O–H groups in total. The number of aryl methyl sites for hydroxylation is 2. The van der Waals surface area contributed by atoms with Crippen LogP contribution in [0.2, 0.25) is 0 Å². The molecule has 0 atom stereocenters. The van der Waals surface area contributed by atoms with Crippen LogP contribution in [0.15, 0.2) is 36.5 Å². The van der Waals surface area contributed by atoms with Crippen molar-refractivity contribution in [2.45, 2.75) is 39.8 Å². The van der Waals surface area contributed by atoms with E-state index in [4.69, 9.17) is 9.47 Å². The molecule has 3 rings (SSSR count). The van der Waals surface area contributed by atoms with Crippen LogP contribution in [0.1, 0.15) is 35.2 Å². The fourth-order valence-electron chi connectivity index (χ4n) is 3.64. The molecule has 5 nitrogen and oxygen atoms in total. The molecular formula is C23H33N3O2. The number of aromatic nitrogens is 1. The Labute approximate surface area is 169 Å². The molecule has 152 valence electrons. The number of ether oxygens (including phenoxy) is 2. The van der Waals surface area contributed by atoms with Crippen molar-refractivity contribution in [1.29, 1.82) is 0 Å². The van der Waals surface area contributed by atoms with E-state index in [1.807, 2.05) is 18.2 Å². The lowest BCUT2D eigenvalue weighted by Gasteiger charge is -2.26. The molecule has 1 saturated heterocycles. The molecule has 0 bridgehead atoms. The smallest absolute Gasteiger partial charge is 0.130 e. The molecule has 1 aromatic carbocycles. The number of nitrogens with zero attached hydrogens (tertiary/aromatic N) is 2. The Morgan fingerprint density at radius 1 is 1.11 bits per heavy atom. The highest BCUT2D eigenvalue weighted by molar-refractivity contribution is 5.43. The second-order valence-corrected chi connectivity index (χ2v) is 7.51. The second-order valence-electron chi connectivity index (χ2n) is 7.51. The van der Waals surface area contributed by atoms with Gasteiger partial charge in [0.15, 0.2) is 0 Å². The minimum Gasteiger partial charge on any atom is -0.487 e. The molecule has 1 aliphatic heterocycles. The van der Waals surface area contributed by atoms with Gasteiger partial charge in [0.05, 0.1) is 18.9 Å². The van der Waals surface area contributed by atoms with E-state index in [-0.39, 0.29) is 0 Å². The maximum Gasteiger partial charge on any atom is 0.130 e. The molecule has 0 spiro atoms. The van der Waals surface area contributed by atoms with E-state index in [1.165, 1.54) is 36.1 Å². The van der Waals surface area contributed by atoms with Crippen molar-refractivity contribution in [2.75, 3.05) is 39.4 Å². The molecule has 0 aliphatic carbocycles. The lowest BCUT2D eigenvalue weighted by molar-refractivity contribution is 0.0372. The van der Waals surface area contributed by atoms with Gasteiger partial charge in [-0.05, 0) is 68.6 Å². The number of hydrogen-bond donors (Lipinski definition) is 1. The van der Waals surface area contributed by atoms with Crippen LogP contribution >= 0.6 is 0 Å². The predicted octanol–water partition coefficient (Wildman–Crippen LogP) is 3.48. The van der Waals surface area contributed by atoms with Gasteiger partial charge >= 0.3 is 0 Å². The number of rotatable bonds is 10. The van der Waals surface area contributed by atoms with Gasteiger partial charge in [-0.25, -0.2) is 0 Å². The summed E-state index contributed by atoms with van der Waals surface area (Å²) in [6, 6.07) is 10.3. The van der Waals surface area contributed by atoms with Crippen LogP contribution in [0.3, 0.4) is 0 Å². The third-order valence-electron chi connectivity index (χ3n) is 5.12. The van der Waals surface area contributed by atoms with Crippen LogP contribution < -0.4 is 10.1 Å². The van der Waals surface area contributed by atoms with Crippen LogP contribution in [0.5, 0.6) is 5.75 Å². The summed E-state index contributed by atoms with van der Waals surface area (Å²) in [5, 5.41) is 3.58. The molecule has 1 aromatic heterocycles. The lowest BCUT2D eigenvalue weighted by atomic mass is 10.1. The van der Waals surface area contributed by atoms with E-state index >= 15 is 0 Å². The van der Waals surface area contributed by atoms with Gasteiger partial charge in [0.25, 0.3) is 0 Å². The highest BCUT2D eigenvalue weighted by atomic mass is 16.5. The number of nitrogens with one attached hydrogen (secondary N) is 1. The van der Waals surface area contributed by atoms with Gasteiger partial charge in [0.2, 0.25) is 0 Å². The Kier molecular flexibility index (Phi) is 8.27. The molecule has 0 amide bonds. The van der Waals surface area contributed by atoms with Crippen molar-refractivity contribution >= 4 is 0 Å². The fourth-order valence-corrected chi connectivity index (χ4v) is 3.64. The minimum atomic E-state index is 0.503. The van der Waals surface area contributed by atoms with Crippen molar-refractivity contribution < 1.29 is 9.47 Å². The summed E-state index contributed by atoms with van der Waals surface area (Å²) in [6.07, 6.45) is 4.25. The third kappa shape index (κ3) is 6.59. The highest BCUT2D eigenvalue weighted by Crippen LogP contribution is 2.25. The van der Waals surface area contributed by atoms with Crippen LogP contribution in [-0.2, 0) is 17.9 Å². The SMILES string of the molecule is Cc1cc(CNCCCCN2CCOCC2)cc(C)c1OCc1ccccn1. The van der Waals surface area contributed by atoms with E-state index < -0.39 is 0 Å². The van der Waals surface area contributed by atoms with Crippen LogP contribution in [0, 0.1) is 13.8 Å². The summed E-state index contributed by atoms with van der Waals surface area (Å²) < 4.78 is 11.4. The highest BCUT2D eigenvalue weighted by Gasteiger charge is 2.09. The first-order chi connectivity index (χ1) is 13.7. The monoisotopic (exact) mass is 383 g/mol. The average molecular weight is 384 g/mol. The molecule has 0 saturated carbocycles. The Morgan fingerprint density at radius 3 is 2.61 bits per heavy atom. The molecular weight excluding hydrogens is 350 g/mol. The van der Waals surface area contributed by atoms with Gasteiger partial charge in [-0.15, -0.1) is 0 Å². The van der Waals surface area contributed by atoms with Crippen molar-refractivity contribution in [3.63, 3.8) is 0 Å². The first-order valence-corrected chi connectivity index (χ1v) is 10.4. The van der Waals surface area contributed by atoms with Gasteiger partial charge in [0.1, 0.15) is 12.4 Å². The number of morpholine rings is 1. The molecule has 1 fully saturated rings. The summed E-state index contributed by atoms with van der Waals surface area (Å²) in [5.41, 5.74) is 4.62. The maximum absolute atomic E-state index is 6.03. The Morgan fingerprint density at radius 2 is 1.89 bits per heavy atom. The molecule has 1 aliphatic rings. The summed E-state index contributed by atoms with van der Waals surface area (Å²) >= 11 is 0. The molecule has 28 heavy (non-hydrogen) atoms. The van der Waals surface area contributed by atoms with Gasteiger partial charge in [-0.1, -0.05) is 18.2 Å². The molecule has 2 aromatic rings. The molecule has 5 heteroatoms. The molecule has 0 unspecified atom stereocenters. The average Bonchev–Trinajstić information content (AvgIpc) is 2.71. The van der Waals surface area contributed by atoms with Crippen LogP contribution in [-0.4, -0.2) is 49.3 Å². The zero-order valence-corrected chi connectivity index (χ0v) is 17.2. The molecule has 2 heterocycles. The first-order valence-electron chi connectivity index (χ1n) is 10.4. The summed E-state index contributed by atoms with van der Waals surface area (Å²) in [5.74, 6) is 0.972. The standard InChI is InChI=1S/C23H33N3O2/c1-19-15-21(17-24-8-5-6-10-26-11-13-27-14-12-26)16-20(2)23(19)28-18-22-7-3-4-9-25-22/h3-4,7,9,15-16,24H,5-6,8,10-14,17-18H2,1-2H3. The van der Waals surface area contributed by atoms with Gasteiger partial charge in [-0.3, -0.25) is 9.88 Å². The van der Waals surface area contributed by atoms with Crippen molar-refractivity contribution in [3.05, 3.63) is 58.9 Å². The van der Waals surface area contributed by atoms with Crippen molar-refractivity contribution in [3.8, 4) is 5.75 Å². The Balaban J connectivity index is 1.38. The van der Waals surface area contributed by atoms with Crippen LogP contribution in [0.25, 0.3) is 0 Å². The van der Waals surface area contributed by atoms with Crippen LogP contribution in [0.4, 0.5) is 0 Å². The summed E-state index contributed by atoms with van der Waals surface area (Å²) in [4.78, 5) is 6.82. The zero-order chi connectivity index (χ0) is 19.6. The summed E-state index contributed by atoms with van der Waals surface area (Å²) in [6.45, 7) is 11.8. The first kappa shape index (κ1) is 20.8. The normalized spacial score (nSPS) is 14.9. The maximum atomic E-state index is 6.03. The fraction of sp³-hybridized carbons (Fsp3) is 0.522. The van der Waals surface area contributed by atoms with E-state index in [9.17, 15) is 0 Å². The largest absolute Gasteiger partial charge is 0.487 e. The quantitative estimate of drug-likeness (QED) is 0.637.